The van der Waals surface area contributed by atoms with Crippen LogP contribution < -0.4 is 26.0 Å². The van der Waals surface area contributed by atoms with Crippen molar-refractivity contribution in [2.24, 2.45) is 5.73 Å². The average Bonchev–Trinajstić information content (AvgIpc) is 3.29. The van der Waals surface area contributed by atoms with Crippen LogP contribution in [0.4, 0.5) is 16.2 Å². The summed E-state index contributed by atoms with van der Waals surface area (Å²) in [5, 5.41) is 6.11. The third kappa shape index (κ3) is 4.39. The molecule has 3 saturated heterocycles. The van der Waals surface area contributed by atoms with Crippen LogP contribution in [0.25, 0.3) is 0 Å². The molecule has 33 heavy (non-hydrogen) atoms. The monoisotopic (exact) mass is 474 g/mol. The third-order valence-corrected chi connectivity index (χ3v) is 6.74. The van der Waals surface area contributed by atoms with Crippen molar-refractivity contribution in [1.29, 1.82) is 0 Å². The second kappa shape index (κ2) is 8.66. The highest BCUT2D eigenvalue weighted by Gasteiger charge is 2.43. The maximum absolute atomic E-state index is 13.3. The second-order valence-electron chi connectivity index (χ2n) is 8.66. The summed E-state index contributed by atoms with van der Waals surface area (Å²) in [7, 11) is 0. The van der Waals surface area contributed by atoms with E-state index in [4.69, 9.17) is 22.1 Å². The maximum atomic E-state index is 13.3. The number of hydrogen-bond donors (Lipinski definition) is 3. The molecule has 3 aliphatic heterocycles. The Morgan fingerprint density at radius 3 is 2.61 bits per heavy atom. The molecule has 0 spiro atoms. The summed E-state index contributed by atoms with van der Waals surface area (Å²) >= 11 is 6.13. The van der Waals surface area contributed by atoms with Crippen LogP contribution in [0.2, 0.25) is 5.02 Å². The molecule has 0 saturated carbocycles. The molecule has 4 heterocycles. The lowest BCUT2D eigenvalue weighted by molar-refractivity contribution is -0.119. The molecule has 174 valence electrons. The fourth-order valence-corrected chi connectivity index (χ4v) is 5.17. The third-order valence-electron chi connectivity index (χ3n) is 6.45. The predicted octanol–water partition coefficient (Wildman–Crippen LogP) is 2.25. The molecule has 11 heteroatoms. The molecule has 1 aromatic carbocycles. The van der Waals surface area contributed by atoms with Gasteiger partial charge in [0, 0.05) is 37.5 Å². The van der Waals surface area contributed by atoms with Crippen molar-refractivity contribution in [3.63, 3.8) is 0 Å². The largest absolute Gasteiger partial charge is 0.489 e. The van der Waals surface area contributed by atoms with Crippen molar-refractivity contribution in [2.75, 3.05) is 16.8 Å². The lowest BCUT2D eigenvalue weighted by atomic mass is 10.00. The highest BCUT2D eigenvalue weighted by Crippen LogP contribution is 2.40. The van der Waals surface area contributed by atoms with E-state index in [0.717, 1.165) is 12.8 Å². The first-order chi connectivity index (χ1) is 15.9. The smallest absolute Gasteiger partial charge is 0.267 e. The summed E-state index contributed by atoms with van der Waals surface area (Å²) in [4.78, 5) is 35.1. The lowest BCUT2D eigenvalue weighted by Gasteiger charge is -2.39. The Morgan fingerprint density at radius 2 is 1.97 bits per heavy atom. The Morgan fingerprint density at radius 1 is 1.21 bits per heavy atom. The van der Waals surface area contributed by atoms with Gasteiger partial charge in [-0.05, 0) is 37.5 Å². The summed E-state index contributed by atoms with van der Waals surface area (Å²) in [5.74, 6) is 0.101. The molecule has 1 aromatic heterocycles. The van der Waals surface area contributed by atoms with Gasteiger partial charge in [-0.25, -0.2) is 9.37 Å². The molecule has 5 rings (SSSR count). The van der Waals surface area contributed by atoms with E-state index in [2.05, 4.69) is 25.5 Å². The number of nitrogens with one attached hydrogen (secondary N) is 2. The van der Waals surface area contributed by atoms with E-state index < -0.39 is 17.8 Å². The van der Waals surface area contributed by atoms with Crippen LogP contribution in [0.1, 0.15) is 42.6 Å². The molecule has 0 aliphatic carbocycles. The van der Waals surface area contributed by atoms with Gasteiger partial charge in [0.2, 0.25) is 11.9 Å². The fourth-order valence-electron chi connectivity index (χ4n) is 4.96. The molecule has 4 atom stereocenters. The Kier molecular flexibility index (Phi) is 5.69. The van der Waals surface area contributed by atoms with E-state index in [9.17, 15) is 14.0 Å². The normalized spacial score (nSPS) is 26.2. The van der Waals surface area contributed by atoms with Crippen molar-refractivity contribution < 1.29 is 18.7 Å². The highest BCUT2D eigenvalue weighted by atomic mass is 35.5. The predicted molar refractivity (Wildman–Crippen MR) is 120 cm³/mol. The fraction of sp³-hybridized carbons (Fsp3) is 0.455. The molecular weight excluding hydrogens is 451 g/mol. The number of primary amides is 1. The number of nitrogens with two attached hydrogens (primary N) is 1. The molecule has 9 nitrogen and oxygen atoms in total. The maximum Gasteiger partial charge on any atom is 0.267 e. The number of piperidine rings is 1. The van der Waals surface area contributed by atoms with Crippen LogP contribution in [-0.2, 0) is 4.79 Å². The minimum Gasteiger partial charge on any atom is -0.489 e. The van der Waals surface area contributed by atoms with Gasteiger partial charge in [0.05, 0.1) is 5.02 Å². The number of anilines is 2. The van der Waals surface area contributed by atoms with Crippen LogP contribution >= 0.6 is 11.6 Å². The van der Waals surface area contributed by atoms with Gasteiger partial charge in [0.15, 0.2) is 0 Å². The SMILES string of the molecule is NC(=O)c1cc(N[C@H]2CCNC2=O)nc(N2[C@@H]3CC[C@H]2CC(Oc2ccc(F)cc2Cl)C3)n1. The van der Waals surface area contributed by atoms with E-state index in [1.807, 2.05) is 0 Å². The topological polar surface area (TPSA) is 122 Å². The highest BCUT2D eigenvalue weighted by molar-refractivity contribution is 6.32. The number of nitrogens with zero attached hydrogens (tertiary/aromatic N) is 3. The summed E-state index contributed by atoms with van der Waals surface area (Å²) < 4.78 is 19.4. The van der Waals surface area contributed by atoms with E-state index >= 15 is 0 Å². The molecule has 3 fully saturated rings. The Bertz CT molecular complexity index is 1090. The zero-order chi connectivity index (χ0) is 23.1. The van der Waals surface area contributed by atoms with Gasteiger partial charge in [0.1, 0.15) is 35.2 Å². The first-order valence-corrected chi connectivity index (χ1v) is 11.4. The van der Waals surface area contributed by atoms with Gasteiger partial charge in [0.25, 0.3) is 5.91 Å². The standard InChI is InChI=1S/C22H24ClFN6O3/c23-15-7-11(24)1-4-18(15)33-14-8-12-2-3-13(9-14)30(12)22-28-17(20(25)31)10-19(29-22)27-16-5-6-26-21(16)32/h1,4,7,10,12-14,16H,2-3,5-6,8-9H2,(H2,25,31)(H,26,32)(H,27,28,29)/t12-,13+,14?,16-/m0/s1. The van der Waals surface area contributed by atoms with Crippen molar-refractivity contribution in [3.8, 4) is 5.75 Å². The van der Waals surface area contributed by atoms with Gasteiger partial charge in [-0.2, -0.15) is 4.98 Å². The Balaban J connectivity index is 1.36. The van der Waals surface area contributed by atoms with Gasteiger partial charge < -0.3 is 26.0 Å². The van der Waals surface area contributed by atoms with E-state index in [0.29, 0.717) is 43.3 Å². The zero-order valence-electron chi connectivity index (χ0n) is 17.8. The second-order valence-corrected chi connectivity index (χ2v) is 9.06. The molecule has 2 amide bonds. The quantitative estimate of drug-likeness (QED) is 0.586. The number of aromatic nitrogens is 2. The van der Waals surface area contributed by atoms with Crippen LogP contribution in [-0.4, -0.2) is 52.6 Å². The number of carbonyl (C=O) groups is 2. The molecular formula is C22H24ClFN6O3. The van der Waals surface area contributed by atoms with Gasteiger partial charge in [-0.15, -0.1) is 0 Å². The van der Waals surface area contributed by atoms with E-state index in [1.165, 1.54) is 18.2 Å². The Hall–Kier alpha value is -3.14. The summed E-state index contributed by atoms with van der Waals surface area (Å²) in [6.07, 6.45) is 3.83. The summed E-state index contributed by atoms with van der Waals surface area (Å²) in [5.41, 5.74) is 5.61. The number of benzene rings is 1. The lowest BCUT2D eigenvalue weighted by Crippen LogP contribution is -2.47. The van der Waals surface area contributed by atoms with Crippen molar-refractivity contribution in [1.82, 2.24) is 15.3 Å². The number of carbonyl (C=O) groups excluding carboxylic acids is 2. The Labute approximate surface area is 194 Å². The van der Waals surface area contributed by atoms with Gasteiger partial charge >= 0.3 is 0 Å². The van der Waals surface area contributed by atoms with Crippen LogP contribution in [0.15, 0.2) is 24.3 Å². The summed E-state index contributed by atoms with van der Waals surface area (Å²) in [6, 6.07) is 5.40. The number of halogens is 2. The molecule has 0 radical (unpaired) electrons. The number of amides is 2. The molecule has 2 aromatic rings. The van der Waals surface area contributed by atoms with E-state index in [1.54, 1.807) is 6.07 Å². The number of rotatable bonds is 6. The first kappa shape index (κ1) is 21.7. The molecule has 4 N–H and O–H groups in total. The minimum atomic E-state index is -0.658. The van der Waals surface area contributed by atoms with Crippen molar-refractivity contribution >= 4 is 35.2 Å². The van der Waals surface area contributed by atoms with Gasteiger partial charge in [-0.1, -0.05) is 11.6 Å². The zero-order valence-corrected chi connectivity index (χ0v) is 18.5. The van der Waals surface area contributed by atoms with Crippen LogP contribution in [0.5, 0.6) is 5.75 Å². The van der Waals surface area contributed by atoms with Crippen molar-refractivity contribution in [3.05, 3.63) is 40.8 Å². The van der Waals surface area contributed by atoms with Crippen molar-refractivity contribution in [2.45, 2.75) is 56.3 Å². The van der Waals surface area contributed by atoms with Crippen LogP contribution in [0.3, 0.4) is 0 Å². The number of hydrogen-bond acceptors (Lipinski definition) is 7. The molecule has 1 unspecified atom stereocenters. The molecule has 3 aliphatic rings. The first-order valence-electron chi connectivity index (χ1n) is 11.0. The summed E-state index contributed by atoms with van der Waals surface area (Å²) in [6.45, 7) is 0.590. The number of fused-ring (bicyclic) bond motifs is 2. The minimum absolute atomic E-state index is 0.0826. The number of ether oxygens (including phenoxy) is 1. The van der Waals surface area contributed by atoms with Crippen LogP contribution in [0, 0.1) is 5.82 Å². The van der Waals surface area contributed by atoms with Gasteiger partial charge in [-0.3, -0.25) is 9.59 Å². The van der Waals surface area contributed by atoms with E-state index in [-0.39, 0.29) is 34.8 Å². The average molecular weight is 475 g/mol. The molecule has 2 bridgehead atoms.